The Hall–Kier alpha value is -2.43. The fourth-order valence-electron chi connectivity index (χ4n) is 2.51. The Kier molecular flexibility index (Phi) is 5.32. The molecule has 1 unspecified atom stereocenters. The molecule has 0 radical (unpaired) electrons. The molecule has 0 aromatic heterocycles. The van der Waals surface area contributed by atoms with Gasteiger partial charge in [-0.3, -0.25) is 4.79 Å². The Morgan fingerprint density at radius 3 is 2.17 bits per heavy atom. The van der Waals surface area contributed by atoms with Gasteiger partial charge in [0.15, 0.2) is 17.4 Å². The molecule has 0 saturated carbocycles. The molecule has 5 heteroatoms. The van der Waals surface area contributed by atoms with Crippen LogP contribution in [0, 0.1) is 11.6 Å². The van der Waals surface area contributed by atoms with Crippen LogP contribution in [0.3, 0.4) is 0 Å². The summed E-state index contributed by atoms with van der Waals surface area (Å²) in [6.07, 6.45) is 0.686. The molecule has 23 heavy (non-hydrogen) atoms. The Balaban J connectivity index is 2.18. The van der Waals surface area contributed by atoms with Crippen molar-refractivity contribution in [2.45, 2.75) is 26.3 Å². The number of rotatable bonds is 5. The minimum absolute atomic E-state index is 0.0224. The summed E-state index contributed by atoms with van der Waals surface area (Å²) in [5, 5.41) is 2.81. The zero-order valence-electron chi connectivity index (χ0n) is 13.3. The average Bonchev–Trinajstić information content (AvgIpc) is 2.46. The van der Waals surface area contributed by atoms with Gasteiger partial charge in [-0.2, -0.15) is 0 Å². The summed E-state index contributed by atoms with van der Waals surface area (Å²) in [5.41, 5.74) is 2.19. The molecule has 3 nitrogen and oxygen atoms in total. The number of nitrogens with one attached hydrogen (secondary N) is 1. The molecule has 0 spiro atoms. The largest absolute Gasteiger partial charge is 0.491 e. The van der Waals surface area contributed by atoms with E-state index in [0.29, 0.717) is 17.5 Å². The van der Waals surface area contributed by atoms with E-state index in [0.717, 1.165) is 5.56 Å². The van der Waals surface area contributed by atoms with Crippen molar-refractivity contribution in [3.63, 3.8) is 0 Å². The van der Waals surface area contributed by atoms with Crippen molar-refractivity contribution in [3.05, 3.63) is 53.6 Å². The Bertz CT molecular complexity index is 676. The maximum atomic E-state index is 13.8. The van der Waals surface area contributed by atoms with E-state index in [1.54, 1.807) is 12.1 Å². The van der Waals surface area contributed by atoms with E-state index in [-0.39, 0.29) is 17.7 Å². The number of methoxy groups -OCH3 is 1. The first-order valence-electron chi connectivity index (χ1n) is 7.30. The van der Waals surface area contributed by atoms with Crippen LogP contribution in [-0.4, -0.2) is 19.1 Å². The first-order valence-corrected chi connectivity index (χ1v) is 7.30. The summed E-state index contributed by atoms with van der Waals surface area (Å²) >= 11 is 0. The lowest BCUT2D eigenvalue weighted by atomic mass is 10.0. The monoisotopic (exact) mass is 319 g/mol. The van der Waals surface area contributed by atoms with Gasteiger partial charge < -0.3 is 10.1 Å². The fourth-order valence-corrected chi connectivity index (χ4v) is 2.51. The van der Waals surface area contributed by atoms with E-state index in [2.05, 4.69) is 10.1 Å². The Labute approximate surface area is 134 Å². The second-order valence-corrected chi connectivity index (χ2v) is 5.48. The van der Waals surface area contributed by atoms with Crippen LogP contribution in [0.5, 0.6) is 5.75 Å². The molecule has 0 aliphatic rings. The van der Waals surface area contributed by atoms with Crippen molar-refractivity contribution < 1.29 is 18.3 Å². The highest BCUT2D eigenvalue weighted by atomic mass is 19.1. The van der Waals surface area contributed by atoms with Gasteiger partial charge in [0.05, 0.1) is 7.11 Å². The standard InChI is InChI=1S/C18H19F2NO2/c1-11(21-12(2)22)8-13-4-6-14(7-5-13)15-9-16(19)18(23-3)17(20)10-15/h4-7,9-11H,8H2,1-3H3,(H,21,22). The van der Waals surface area contributed by atoms with Crippen molar-refractivity contribution in [1.29, 1.82) is 0 Å². The van der Waals surface area contributed by atoms with Gasteiger partial charge in [-0.25, -0.2) is 8.78 Å². The summed E-state index contributed by atoms with van der Waals surface area (Å²) < 4.78 is 32.2. The third-order valence-corrected chi connectivity index (χ3v) is 3.48. The minimum Gasteiger partial charge on any atom is -0.491 e. The third kappa shape index (κ3) is 4.28. The van der Waals surface area contributed by atoms with E-state index in [9.17, 15) is 13.6 Å². The normalized spacial score (nSPS) is 11.9. The number of hydrogen-bond donors (Lipinski definition) is 1. The van der Waals surface area contributed by atoms with Crippen LogP contribution < -0.4 is 10.1 Å². The van der Waals surface area contributed by atoms with Gasteiger partial charge in [-0.15, -0.1) is 0 Å². The van der Waals surface area contributed by atoms with Gasteiger partial charge in [-0.1, -0.05) is 24.3 Å². The molecule has 0 saturated heterocycles. The number of benzene rings is 2. The van der Waals surface area contributed by atoms with Crippen LogP contribution in [-0.2, 0) is 11.2 Å². The molecule has 2 aromatic rings. The highest BCUT2D eigenvalue weighted by Gasteiger charge is 2.12. The van der Waals surface area contributed by atoms with Gasteiger partial charge in [-0.05, 0) is 42.2 Å². The van der Waals surface area contributed by atoms with Gasteiger partial charge >= 0.3 is 0 Å². The van der Waals surface area contributed by atoms with Crippen LogP contribution in [0.1, 0.15) is 19.4 Å². The summed E-state index contributed by atoms with van der Waals surface area (Å²) in [4.78, 5) is 11.0. The number of ether oxygens (including phenoxy) is 1. The van der Waals surface area contributed by atoms with Gasteiger partial charge in [0.25, 0.3) is 0 Å². The Morgan fingerprint density at radius 2 is 1.70 bits per heavy atom. The van der Waals surface area contributed by atoms with Crippen LogP contribution in [0.4, 0.5) is 8.78 Å². The average molecular weight is 319 g/mol. The zero-order chi connectivity index (χ0) is 17.0. The molecule has 2 aromatic carbocycles. The maximum Gasteiger partial charge on any atom is 0.217 e. The number of carbonyl (C=O) groups is 1. The Morgan fingerprint density at radius 1 is 1.13 bits per heavy atom. The van der Waals surface area contributed by atoms with Crippen molar-refractivity contribution >= 4 is 5.91 Å². The topological polar surface area (TPSA) is 38.3 Å². The molecule has 1 N–H and O–H groups in total. The fraction of sp³-hybridized carbons (Fsp3) is 0.278. The summed E-state index contributed by atoms with van der Waals surface area (Å²) in [7, 11) is 1.23. The van der Waals surface area contributed by atoms with E-state index in [1.807, 2.05) is 19.1 Å². The molecule has 2 rings (SSSR count). The molecule has 0 aliphatic heterocycles. The first kappa shape index (κ1) is 16.9. The van der Waals surface area contributed by atoms with Crippen LogP contribution >= 0.6 is 0 Å². The van der Waals surface area contributed by atoms with Gasteiger partial charge in [0, 0.05) is 13.0 Å². The highest BCUT2D eigenvalue weighted by Crippen LogP contribution is 2.29. The van der Waals surface area contributed by atoms with E-state index in [1.165, 1.54) is 26.2 Å². The predicted octanol–water partition coefficient (Wildman–Crippen LogP) is 3.71. The van der Waals surface area contributed by atoms with Crippen LogP contribution in [0.2, 0.25) is 0 Å². The minimum atomic E-state index is -0.731. The molecule has 122 valence electrons. The lowest BCUT2D eigenvalue weighted by Crippen LogP contribution is -2.31. The summed E-state index contributed by atoms with van der Waals surface area (Å²) in [6.45, 7) is 3.40. The smallest absolute Gasteiger partial charge is 0.217 e. The number of carbonyl (C=O) groups excluding carboxylic acids is 1. The second kappa shape index (κ2) is 7.22. The van der Waals surface area contributed by atoms with Crippen molar-refractivity contribution in [1.82, 2.24) is 5.32 Å². The number of amides is 1. The molecule has 0 aliphatic carbocycles. The van der Waals surface area contributed by atoms with Gasteiger partial charge in [0.1, 0.15) is 0 Å². The summed E-state index contributed by atoms with van der Waals surface area (Å²) in [6, 6.07) is 9.89. The SMILES string of the molecule is COc1c(F)cc(-c2ccc(CC(C)NC(C)=O)cc2)cc1F. The molecule has 0 bridgehead atoms. The van der Waals surface area contributed by atoms with Crippen molar-refractivity contribution in [3.8, 4) is 16.9 Å². The van der Waals surface area contributed by atoms with Crippen molar-refractivity contribution in [2.24, 2.45) is 0 Å². The maximum absolute atomic E-state index is 13.8. The number of hydrogen-bond acceptors (Lipinski definition) is 2. The van der Waals surface area contributed by atoms with Crippen LogP contribution in [0.25, 0.3) is 11.1 Å². The van der Waals surface area contributed by atoms with Gasteiger partial charge in [0.2, 0.25) is 5.91 Å². The van der Waals surface area contributed by atoms with E-state index >= 15 is 0 Å². The lowest BCUT2D eigenvalue weighted by Gasteiger charge is -2.13. The third-order valence-electron chi connectivity index (χ3n) is 3.48. The van der Waals surface area contributed by atoms with Crippen LogP contribution in [0.15, 0.2) is 36.4 Å². The summed E-state index contributed by atoms with van der Waals surface area (Å²) in [5.74, 6) is -1.91. The van der Waals surface area contributed by atoms with E-state index < -0.39 is 11.6 Å². The molecule has 0 fully saturated rings. The molecular weight excluding hydrogens is 300 g/mol. The molecule has 1 amide bonds. The quantitative estimate of drug-likeness (QED) is 0.912. The molecule has 0 heterocycles. The van der Waals surface area contributed by atoms with E-state index in [4.69, 9.17) is 0 Å². The van der Waals surface area contributed by atoms with Crippen molar-refractivity contribution in [2.75, 3.05) is 7.11 Å². The zero-order valence-corrected chi connectivity index (χ0v) is 13.3. The first-order chi connectivity index (χ1) is 10.9. The highest BCUT2D eigenvalue weighted by molar-refractivity contribution is 5.73. The lowest BCUT2D eigenvalue weighted by molar-refractivity contribution is -0.119. The number of halogens is 2. The second-order valence-electron chi connectivity index (χ2n) is 5.48. The predicted molar refractivity (Wildman–Crippen MR) is 85.3 cm³/mol. The molecular formula is C18H19F2NO2. The molecule has 1 atom stereocenters.